The zero-order chi connectivity index (χ0) is 25.8. The second kappa shape index (κ2) is 10.9. The van der Waals surface area contributed by atoms with Gasteiger partial charge in [-0.2, -0.15) is 5.10 Å². The number of hydrogen-bond donors (Lipinski definition) is 1. The van der Waals surface area contributed by atoms with Crippen LogP contribution in [-0.4, -0.2) is 47.5 Å². The minimum atomic E-state index is -0.626. The molecule has 2 amide bonds. The molecule has 188 valence electrons. The van der Waals surface area contributed by atoms with Gasteiger partial charge in [-0.3, -0.25) is 14.4 Å². The van der Waals surface area contributed by atoms with Crippen molar-refractivity contribution in [1.82, 2.24) is 5.01 Å². The highest BCUT2D eigenvalue weighted by Gasteiger charge is 2.34. The molecule has 0 aliphatic carbocycles. The number of rotatable bonds is 7. The Kier molecular flexibility index (Phi) is 7.23. The number of nitrogens with zero attached hydrogens (tertiary/aromatic N) is 2. The molecular weight excluding hydrogens is 490 g/mol. The standard InChI is InChI=1S/C28H25N3O5S/c1-35-20-13-11-19(12-14-20)23-15-22(18-7-3-2-4-8-18)30-31(23)26(32)17-36-27(33)16-25-28(34)29-21-9-5-6-10-24(21)37-25/h2-14,23,25H,15-17H2,1H3,(H,29,34). The summed E-state index contributed by atoms with van der Waals surface area (Å²) in [6, 6.07) is 24.2. The lowest BCUT2D eigenvalue weighted by atomic mass is 9.98. The molecule has 5 rings (SSSR count). The van der Waals surface area contributed by atoms with E-state index in [-0.39, 0.29) is 18.4 Å². The summed E-state index contributed by atoms with van der Waals surface area (Å²) in [6.45, 7) is -0.466. The number of hydrazone groups is 1. The van der Waals surface area contributed by atoms with Gasteiger partial charge in [-0.25, -0.2) is 5.01 Å². The largest absolute Gasteiger partial charge is 0.497 e. The SMILES string of the molecule is COc1ccc(C2CC(c3ccccc3)=NN2C(=O)COC(=O)CC2Sc3ccccc3NC2=O)cc1. The molecule has 3 aromatic carbocycles. The van der Waals surface area contributed by atoms with Crippen molar-refractivity contribution in [3.63, 3.8) is 0 Å². The molecule has 2 aliphatic rings. The highest BCUT2D eigenvalue weighted by atomic mass is 32.2. The van der Waals surface area contributed by atoms with Gasteiger partial charge in [-0.05, 0) is 35.4 Å². The molecule has 0 saturated carbocycles. The predicted molar refractivity (Wildman–Crippen MR) is 140 cm³/mol. The van der Waals surface area contributed by atoms with E-state index in [0.29, 0.717) is 12.2 Å². The number of anilines is 1. The van der Waals surface area contributed by atoms with Gasteiger partial charge in [-0.15, -0.1) is 11.8 Å². The average Bonchev–Trinajstić information content (AvgIpc) is 3.38. The maximum atomic E-state index is 13.2. The van der Waals surface area contributed by atoms with Crippen LogP contribution in [0.25, 0.3) is 0 Å². The predicted octanol–water partition coefficient (Wildman–Crippen LogP) is 4.42. The fourth-order valence-electron chi connectivity index (χ4n) is 4.28. The molecule has 2 aliphatic heterocycles. The second-order valence-electron chi connectivity index (χ2n) is 8.60. The van der Waals surface area contributed by atoms with Gasteiger partial charge in [0.05, 0.1) is 36.2 Å². The van der Waals surface area contributed by atoms with Crippen molar-refractivity contribution in [1.29, 1.82) is 0 Å². The Morgan fingerprint density at radius 3 is 2.51 bits per heavy atom. The number of ether oxygens (including phenoxy) is 2. The molecule has 0 spiro atoms. The highest BCUT2D eigenvalue weighted by Crippen LogP contribution is 2.37. The van der Waals surface area contributed by atoms with E-state index in [1.807, 2.05) is 78.9 Å². The number of thioether (sulfide) groups is 1. The lowest BCUT2D eigenvalue weighted by Crippen LogP contribution is -2.34. The molecule has 3 aromatic rings. The maximum Gasteiger partial charge on any atom is 0.307 e. The van der Waals surface area contributed by atoms with Gasteiger partial charge >= 0.3 is 5.97 Å². The highest BCUT2D eigenvalue weighted by molar-refractivity contribution is 8.01. The quantitative estimate of drug-likeness (QED) is 0.468. The van der Waals surface area contributed by atoms with Gasteiger partial charge in [0.1, 0.15) is 5.75 Å². The zero-order valence-corrected chi connectivity index (χ0v) is 20.9. The molecule has 0 bridgehead atoms. The first kappa shape index (κ1) is 24.6. The summed E-state index contributed by atoms with van der Waals surface area (Å²) >= 11 is 1.31. The topological polar surface area (TPSA) is 97.3 Å². The first-order chi connectivity index (χ1) is 18.0. The van der Waals surface area contributed by atoms with Crippen molar-refractivity contribution in [2.75, 3.05) is 19.0 Å². The average molecular weight is 516 g/mol. The summed E-state index contributed by atoms with van der Waals surface area (Å²) in [5, 5.41) is 8.17. The molecule has 0 aromatic heterocycles. The Balaban J connectivity index is 1.26. The van der Waals surface area contributed by atoms with Crippen LogP contribution in [0.3, 0.4) is 0 Å². The van der Waals surface area contributed by atoms with E-state index in [1.165, 1.54) is 16.8 Å². The van der Waals surface area contributed by atoms with Crippen LogP contribution in [0.5, 0.6) is 5.75 Å². The normalized spacial score (nSPS) is 18.5. The Morgan fingerprint density at radius 2 is 1.76 bits per heavy atom. The molecule has 2 atom stereocenters. The number of fused-ring (bicyclic) bond motifs is 1. The summed E-state index contributed by atoms with van der Waals surface area (Å²) in [6.07, 6.45) is 0.382. The van der Waals surface area contributed by atoms with Crippen LogP contribution >= 0.6 is 11.8 Å². The number of nitrogens with one attached hydrogen (secondary N) is 1. The number of carbonyl (C=O) groups is 3. The second-order valence-corrected chi connectivity index (χ2v) is 9.85. The monoisotopic (exact) mass is 515 g/mol. The lowest BCUT2D eigenvalue weighted by molar-refractivity contribution is -0.153. The molecule has 2 unspecified atom stereocenters. The number of para-hydroxylation sites is 1. The van der Waals surface area contributed by atoms with Crippen LogP contribution in [0.15, 0.2) is 88.9 Å². The zero-order valence-electron chi connectivity index (χ0n) is 20.1. The Hall–Kier alpha value is -4.11. The third kappa shape index (κ3) is 5.51. The van der Waals surface area contributed by atoms with Crippen LogP contribution in [-0.2, 0) is 19.1 Å². The number of esters is 1. The van der Waals surface area contributed by atoms with Crippen LogP contribution < -0.4 is 10.1 Å². The van der Waals surface area contributed by atoms with E-state index in [0.717, 1.165) is 27.4 Å². The molecule has 0 fully saturated rings. The smallest absolute Gasteiger partial charge is 0.307 e. The number of hydrogen-bond acceptors (Lipinski definition) is 7. The molecule has 8 nitrogen and oxygen atoms in total. The first-order valence-corrected chi connectivity index (χ1v) is 12.7. The van der Waals surface area contributed by atoms with Crippen LogP contribution in [0, 0.1) is 0 Å². The van der Waals surface area contributed by atoms with Crippen LogP contribution in [0.4, 0.5) is 5.69 Å². The van der Waals surface area contributed by atoms with E-state index in [2.05, 4.69) is 10.4 Å². The van der Waals surface area contributed by atoms with Gasteiger partial charge in [0.25, 0.3) is 5.91 Å². The van der Waals surface area contributed by atoms with Gasteiger partial charge in [-0.1, -0.05) is 54.6 Å². The minimum Gasteiger partial charge on any atom is -0.497 e. The summed E-state index contributed by atoms with van der Waals surface area (Å²) in [5.74, 6) is -0.604. The van der Waals surface area contributed by atoms with E-state index in [4.69, 9.17) is 9.47 Å². The third-order valence-electron chi connectivity index (χ3n) is 6.19. The minimum absolute atomic E-state index is 0.140. The Bertz CT molecular complexity index is 1340. The van der Waals surface area contributed by atoms with Gasteiger partial charge < -0.3 is 14.8 Å². The number of benzene rings is 3. The van der Waals surface area contributed by atoms with Gasteiger partial charge in [0, 0.05) is 11.3 Å². The van der Waals surface area contributed by atoms with Crippen molar-refractivity contribution < 1.29 is 23.9 Å². The fraction of sp³-hybridized carbons (Fsp3) is 0.214. The fourth-order valence-corrected chi connectivity index (χ4v) is 5.37. The number of carbonyl (C=O) groups excluding carboxylic acids is 3. The van der Waals surface area contributed by atoms with Crippen molar-refractivity contribution in [2.24, 2.45) is 5.10 Å². The summed E-state index contributed by atoms with van der Waals surface area (Å²) < 4.78 is 10.6. The van der Waals surface area contributed by atoms with E-state index in [9.17, 15) is 14.4 Å². The number of methoxy groups -OCH3 is 1. The summed E-state index contributed by atoms with van der Waals surface area (Å²) in [5.41, 5.74) is 3.32. The van der Waals surface area contributed by atoms with E-state index in [1.54, 1.807) is 7.11 Å². The van der Waals surface area contributed by atoms with Crippen molar-refractivity contribution in [2.45, 2.75) is 29.0 Å². The third-order valence-corrected chi connectivity index (χ3v) is 7.46. The van der Waals surface area contributed by atoms with E-state index < -0.39 is 23.7 Å². The molecule has 0 saturated heterocycles. The number of amides is 2. The Morgan fingerprint density at radius 1 is 1.03 bits per heavy atom. The van der Waals surface area contributed by atoms with Gasteiger partial charge in [0.15, 0.2) is 6.61 Å². The van der Waals surface area contributed by atoms with Crippen molar-refractivity contribution in [3.05, 3.63) is 90.0 Å². The lowest BCUT2D eigenvalue weighted by Gasteiger charge is -2.24. The van der Waals surface area contributed by atoms with Crippen molar-refractivity contribution in [3.8, 4) is 5.75 Å². The summed E-state index contributed by atoms with van der Waals surface area (Å²) in [7, 11) is 1.60. The molecule has 0 radical (unpaired) electrons. The molecule has 1 N–H and O–H groups in total. The molecule has 37 heavy (non-hydrogen) atoms. The van der Waals surface area contributed by atoms with Crippen LogP contribution in [0.2, 0.25) is 0 Å². The maximum absolute atomic E-state index is 13.2. The van der Waals surface area contributed by atoms with Crippen LogP contribution in [0.1, 0.15) is 30.0 Å². The van der Waals surface area contributed by atoms with Gasteiger partial charge in [0.2, 0.25) is 5.91 Å². The summed E-state index contributed by atoms with van der Waals surface area (Å²) in [4.78, 5) is 39.0. The first-order valence-electron chi connectivity index (χ1n) is 11.8. The van der Waals surface area contributed by atoms with E-state index >= 15 is 0 Å². The van der Waals surface area contributed by atoms with Crippen molar-refractivity contribution >= 4 is 40.9 Å². The molecular formula is C28H25N3O5S. The Labute approximate surface area is 218 Å². The molecule has 2 heterocycles. The molecule has 9 heteroatoms.